The van der Waals surface area contributed by atoms with Crippen LogP contribution < -0.4 is 24.6 Å². The van der Waals surface area contributed by atoms with Crippen molar-refractivity contribution in [1.82, 2.24) is 0 Å². The quantitative estimate of drug-likeness (QED) is 0.720. The Bertz CT molecular complexity index is 1130. The maximum Gasteiger partial charge on any atom is 0.267 e. The van der Waals surface area contributed by atoms with Crippen LogP contribution >= 0.6 is 0 Å². The van der Waals surface area contributed by atoms with Gasteiger partial charge < -0.3 is 24.6 Å². The van der Waals surface area contributed by atoms with Gasteiger partial charge in [0.1, 0.15) is 11.5 Å². The summed E-state index contributed by atoms with van der Waals surface area (Å²) < 4.78 is 10.9. The summed E-state index contributed by atoms with van der Waals surface area (Å²) >= 11 is 0. The Morgan fingerprint density at radius 1 is 1.00 bits per heavy atom. The maximum absolute atomic E-state index is 12.6. The lowest BCUT2D eigenvalue weighted by Gasteiger charge is -2.30. The van der Waals surface area contributed by atoms with Gasteiger partial charge >= 0.3 is 0 Å². The van der Waals surface area contributed by atoms with Crippen molar-refractivity contribution in [1.29, 1.82) is 0 Å². The fraction of sp³-hybridized carbons (Fsp3) is 0.304. The van der Waals surface area contributed by atoms with Crippen LogP contribution in [0.15, 0.2) is 36.4 Å². The van der Waals surface area contributed by atoms with E-state index in [-0.39, 0.29) is 43.0 Å². The molecule has 2 aliphatic heterocycles. The molecule has 0 saturated heterocycles. The molecular formula is C23H23N3O6. The lowest BCUT2D eigenvalue weighted by Crippen LogP contribution is -2.42. The molecule has 4 rings (SSSR count). The van der Waals surface area contributed by atoms with Crippen molar-refractivity contribution in [2.45, 2.75) is 25.9 Å². The van der Waals surface area contributed by atoms with E-state index in [4.69, 9.17) is 9.47 Å². The van der Waals surface area contributed by atoms with E-state index < -0.39 is 6.10 Å². The van der Waals surface area contributed by atoms with E-state index in [0.717, 1.165) is 0 Å². The summed E-state index contributed by atoms with van der Waals surface area (Å²) in [7, 11) is 3.28. The van der Waals surface area contributed by atoms with Gasteiger partial charge in [-0.15, -0.1) is 0 Å². The highest BCUT2D eigenvalue weighted by Crippen LogP contribution is 2.35. The van der Waals surface area contributed by atoms with Gasteiger partial charge in [-0.3, -0.25) is 19.2 Å². The minimum Gasteiger partial charge on any atom is -0.482 e. The largest absolute Gasteiger partial charge is 0.482 e. The van der Waals surface area contributed by atoms with E-state index in [9.17, 15) is 19.2 Å². The molecule has 0 radical (unpaired) electrons. The van der Waals surface area contributed by atoms with Crippen molar-refractivity contribution in [2.24, 2.45) is 0 Å². The first kappa shape index (κ1) is 21.4. The Hall–Kier alpha value is -3.88. The average molecular weight is 437 g/mol. The predicted molar refractivity (Wildman–Crippen MR) is 117 cm³/mol. The van der Waals surface area contributed by atoms with Gasteiger partial charge in [0.25, 0.3) is 11.8 Å². The van der Waals surface area contributed by atoms with E-state index in [2.05, 4.69) is 5.32 Å². The third-order valence-corrected chi connectivity index (χ3v) is 5.53. The molecule has 3 amide bonds. The number of carbonyl (C=O) groups is 4. The third-order valence-electron chi connectivity index (χ3n) is 5.53. The number of ketones is 1. The molecule has 2 aromatic carbocycles. The molecule has 0 aromatic heterocycles. The molecule has 0 spiro atoms. The number of amides is 3. The standard InChI is InChI=1S/C23H23N3O6/c1-13-23(30)26(3)16-10-14(4-7-20(16)32-13)18(27)6-9-21(28)24-15-5-8-19-17(11-15)25(2)22(29)12-31-19/h4-5,7-8,10-11,13H,6,9,12H2,1-3H3,(H,24,28). The van der Waals surface area contributed by atoms with Crippen molar-refractivity contribution >= 4 is 40.6 Å². The van der Waals surface area contributed by atoms with Gasteiger partial charge in [0.15, 0.2) is 18.5 Å². The molecule has 2 aliphatic rings. The smallest absolute Gasteiger partial charge is 0.267 e. The molecule has 9 nitrogen and oxygen atoms in total. The Kier molecular flexibility index (Phi) is 5.56. The number of hydrogen-bond donors (Lipinski definition) is 1. The molecule has 0 aliphatic carbocycles. The highest BCUT2D eigenvalue weighted by atomic mass is 16.5. The van der Waals surface area contributed by atoms with Gasteiger partial charge in [-0.05, 0) is 43.3 Å². The molecular weight excluding hydrogens is 414 g/mol. The van der Waals surface area contributed by atoms with Crippen LogP contribution in [-0.2, 0) is 14.4 Å². The predicted octanol–water partition coefficient (Wildman–Crippen LogP) is 2.39. The zero-order valence-electron chi connectivity index (χ0n) is 18.0. The molecule has 2 heterocycles. The Morgan fingerprint density at radius 2 is 1.72 bits per heavy atom. The number of carbonyl (C=O) groups excluding carboxylic acids is 4. The molecule has 1 atom stereocenters. The summed E-state index contributed by atoms with van der Waals surface area (Å²) in [6.07, 6.45) is -0.585. The summed E-state index contributed by atoms with van der Waals surface area (Å²) in [6.45, 7) is 1.65. The van der Waals surface area contributed by atoms with Crippen molar-refractivity contribution in [2.75, 3.05) is 35.8 Å². The lowest BCUT2D eigenvalue weighted by molar-refractivity contribution is -0.125. The summed E-state index contributed by atoms with van der Waals surface area (Å²) in [5, 5.41) is 2.74. The number of hydrogen-bond acceptors (Lipinski definition) is 6. The van der Waals surface area contributed by atoms with Gasteiger partial charge in [-0.1, -0.05) is 0 Å². The van der Waals surface area contributed by atoms with Gasteiger partial charge in [0, 0.05) is 38.2 Å². The van der Waals surface area contributed by atoms with Crippen molar-refractivity contribution in [3.63, 3.8) is 0 Å². The molecule has 2 aromatic rings. The van der Waals surface area contributed by atoms with E-state index in [0.29, 0.717) is 34.1 Å². The minimum atomic E-state index is -0.578. The number of anilines is 3. The molecule has 0 bridgehead atoms. The number of ether oxygens (including phenoxy) is 2. The van der Waals surface area contributed by atoms with Crippen molar-refractivity contribution < 1.29 is 28.7 Å². The van der Waals surface area contributed by atoms with E-state index in [1.165, 1.54) is 9.80 Å². The fourth-order valence-electron chi connectivity index (χ4n) is 3.63. The monoisotopic (exact) mass is 437 g/mol. The van der Waals surface area contributed by atoms with E-state index >= 15 is 0 Å². The van der Waals surface area contributed by atoms with Crippen LogP contribution in [0.25, 0.3) is 0 Å². The maximum atomic E-state index is 12.6. The summed E-state index contributed by atoms with van der Waals surface area (Å²) in [6, 6.07) is 9.92. The minimum absolute atomic E-state index is 0.00593. The van der Waals surface area contributed by atoms with Gasteiger partial charge in [-0.25, -0.2) is 0 Å². The summed E-state index contributed by atoms with van der Waals surface area (Å²) in [5.41, 5.74) is 2.00. The SMILES string of the molecule is CC1Oc2ccc(C(=O)CCC(=O)Nc3ccc4c(c3)N(C)C(=O)CO4)cc2N(C)C1=O. The Balaban J connectivity index is 1.38. The number of rotatable bonds is 5. The number of nitrogens with one attached hydrogen (secondary N) is 1. The van der Waals surface area contributed by atoms with Crippen LogP contribution in [0.5, 0.6) is 11.5 Å². The van der Waals surface area contributed by atoms with Crippen LogP contribution in [0, 0.1) is 0 Å². The second-order valence-corrected chi connectivity index (χ2v) is 7.74. The van der Waals surface area contributed by atoms with Gasteiger partial charge in [0.05, 0.1) is 11.4 Å². The van der Waals surface area contributed by atoms with Gasteiger partial charge in [0.2, 0.25) is 5.91 Å². The van der Waals surface area contributed by atoms with Crippen LogP contribution in [0.3, 0.4) is 0 Å². The molecule has 1 unspecified atom stereocenters. The first-order chi connectivity index (χ1) is 15.2. The average Bonchev–Trinajstić information content (AvgIpc) is 2.78. The van der Waals surface area contributed by atoms with Crippen LogP contribution in [0.2, 0.25) is 0 Å². The molecule has 166 valence electrons. The zero-order chi connectivity index (χ0) is 23.0. The number of Topliss-reactive ketones (excluding diaryl/α,β-unsaturated/α-hetero) is 1. The highest BCUT2D eigenvalue weighted by molar-refractivity contribution is 6.04. The van der Waals surface area contributed by atoms with Crippen molar-refractivity contribution in [3.8, 4) is 11.5 Å². The number of fused-ring (bicyclic) bond motifs is 2. The molecule has 0 saturated carbocycles. The zero-order valence-corrected chi connectivity index (χ0v) is 18.0. The third kappa shape index (κ3) is 4.01. The van der Waals surface area contributed by atoms with Crippen LogP contribution in [0.4, 0.5) is 17.1 Å². The second kappa shape index (κ2) is 8.33. The van der Waals surface area contributed by atoms with E-state index in [1.54, 1.807) is 57.4 Å². The molecule has 0 fully saturated rings. The normalized spacial score (nSPS) is 17.2. The van der Waals surface area contributed by atoms with Gasteiger partial charge in [-0.2, -0.15) is 0 Å². The Labute approximate surface area is 184 Å². The summed E-state index contributed by atoms with van der Waals surface area (Å²) in [5.74, 6) is 0.189. The highest BCUT2D eigenvalue weighted by Gasteiger charge is 2.29. The first-order valence-corrected chi connectivity index (χ1v) is 10.2. The molecule has 32 heavy (non-hydrogen) atoms. The Morgan fingerprint density at radius 3 is 2.50 bits per heavy atom. The van der Waals surface area contributed by atoms with E-state index in [1.807, 2.05) is 0 Å². The molecule has 9 heteroatoms. The van der Waals surface area contributed by atoms with Crippen LogP contribution in [-0.4, -0.2) is 50.3 Å². The first-order valence-electron chi connectivity index (χ1n) is 10.2. The number of benzene rings is 2. The molecule has 1 N–H and O–H groups in total. The number of likely N-dealkylation sites (N-methyl/N-ethyl adjacent to an activating group) is 2. The number of nitrogens with zero attached hydrogens (tertiary/aromatic N) is 2. The second-order valence-electron chi connectivity index (χ2n) is 7.74. The fourth-order valence-corrected chi connectivity index (χ4v) is 3.63. The topological polar surface area (TPSA) is 105 Å². The van der Waals surface area contributed by atoms with Crippen molar-refractivity contribution in [3.05, 3.63) is 42.0 Å². The summed E-state index contributed by atoms with van der Waals surface area (Å²) in [4.78, 5) is 51.9. The lowest BCUT2D eigenvalue weighted by atomic mass is 10.0. The van der Waals surface area contributed by atoms with Crippen LogP contribution in [0.1, 0.15) is 30.1 Å².